The molecule has 1 aromatic rings. The number of hydrogen-bond acceptors (Lipinski definition) is 2. The Balaban J connectivity index is 2.29. The summed E-state index contributed by atoms with van der Waals surface area (Å²) < 4.78 is 0. The molecule has 100 valence electrons. The maximum atomic E-state index is 6.16. The third kappa shape index (κ3) is 3.44. The van der Waals surface area contributed by atoms with Crippen molar-refractivity contribution < 1.29 is 0 Å². The third-order valence-corrected chi connectivity index (χ3v) is 3.89. The van der Waals surface area contributed by atoms with Crippen LogP contribution in [0.3, 0.4) is 0 Å². The minimum absolute atomic E-state index is 0.0338. The highest BCUT2D eigenvalue weighted by atomic mass is 35.5. The number of nitrogens with zero attached hydrogens (tertiary/aromatic N) is 2. The van der Waals surface area contributed by atoms with Gasteiger partial charge in [-0.05, 0) is 18.9 Å². The Bertz CT molecular complexity index is 401. The molecule has 0 atom stereocenters. The smallest absolute Gasteiger partial charge is 0.133 e. The molecule has 0 aliphatic heterocycles. The highest BCUT2D eigenvalue weighted by molar-refractivity contribution is 6.29. The second-order valence-electron chi connectivity index (χ2n) is 6.37. The van der Waals surface area contributed by atoms with E-state index in [1.165, 1.54) is 38.5 Å². The Hall–Kier alpha value is -0.630. The molecule has 18 heavy (non-hydrogen) atoms. The lowest BCUT2D eigenvalue weighted by Crippen LogP contribution is -2.16. The van der Waals surface area contributed by atoms with E-state index in [1.54, 1.807) is 0 Å². The summed E-state index contributed by atoms with van der Waals surface area (Å²) in [4.78, 5) is 9.24. The lowest BCUT2D eigenvalue weighted by atomic mass is 9.91. The van der Waals surface area contributed by atoms with Gasteiger partial charge in [0.2, 0.25) is 0 Å². The molecular weight excluding hydrogens is 244 g/mol. The van der Waals surface area contributed by atoms with Gasteiger partial charge in [0.05, 0.1) is 5.69 Å². The molecular formula is C15H23ClN2. The Morgan fingerprint density at radius 1 is 1.06 bits per heavy atom. The van der Waals surface area contributed by atoms with Crippen molar-refractivity contribution in [2.45, 2.75) is 70.6 Å². The molecule has 1 aliphatic rings. The van der Waals surface area contributed by atoms with Crippen molar-refractivity contribution in [3.8, 4) is 0 Å². The van der Waals surface area contributed by atoms with Gasteiger partial charge in [-0.3, -0.25) is 0 Å². The van der Waals surface area contributed by atoms with Crippen LogP contribution in [0, 0.1) is 0 Å². The first-order valence-corrected chi connectivity index (χ1v) is 7.39. The highest BCUT2D eigenvalue weighted by Crippen LogP contribution is 2.31. The van der Waals surface area contributed by atoms with E-state index in [4.69, 9.17) is 16.6 Å². The Kier molecular flexibility index (Phi) is 4.26. The van der Waals surface area contributed by atoms with E-state index in [9.17, 15) is 0 Å². The van der Waals surface area contributed by atoms with E-state index in [2.05, 4.69) is 25.8 Å². The van der Waals surface area contributed by atoms with Crippen LogP contribution in [-0.2, 0) is 5.41 Å². The predicted octanol–water partition coefficient (Wildman–Crippen LogP) is 4.87. The van der Waals surface area contributed by atoms with Crippen LogP contribution in [-0.4, -0.2) is 9.97 Å². The summed E-state index contributed by atoms with van der Waals surface area (Å²) in [5.74, 6) is 1.47. The van der Waals surface area contributed by atoms with Gasteiger partial charge in [-0.25, -0.2) is 9.97 Å². The average molecular weight is 267 g/mol. The number of rotatable bonds is 1. The van der Waals surface area contributed by atoms with Crippen LogP contribution in [0.25, 0.3) is 0 Å². The molecule has 0 saturated heterocycles. The van der Waals surface area contributed by atoms with Gasteiger partial charge >= 0.3 is 0 Å². The van der Waals surface area contributed by atoms with Crippen molar-refractivity contribution in [3.05, 3.63) is 22.7 Å². The summed E-state index contributed by atoms with van der Waals surface area (Å²) in [7, 11) is 0. The maximum absolute atomic E-state index is 6.16. The second kappa shape index (κ2) is 5.56. The van der Waals surface area contributed by atoms with Gasteiger partial charge in [-0.1, -0.05) is 58.1 Å². The highest BCUT2D eigenvalue weighted by Gasteiger charge is 2.22. The monoisotopic (exact) mass is 266 g/mol. The van der Waals surface area contributed by atoms with E-state index in [0.717, 1.165) is 11.5 Å². The van der Waals surface area contributed by atoms with Crippen LogP contribution in [0.1, 0.15) is 76.7 Å². The first-order chi connectivity index (χ1) is 8.47. The standard InChI is InChI=1S/C15H23ClN2/c1-15(2,3)12-10-13(16)18-14(17-12)11-8-6-4-5-7-9-11/h10-11H,4-9H2,1-3H3. The van der Waals surface area contributed by atoms with Crippen molar-refractivity contribution >= 4 is 11.6 Å². The van der Waals surface area contributed by atoms with Gasteiger partial charge in [0.1, 0.15) is 11.0 Å². The predicted molar refractivity (Wildman–Crippen MR) is 76.2 cm³/mol. The topological polar surface area (TPSA) is 25.8 Å². The van der Waals surface area contributed by atoms with Crippen molar-refractivity contribution in [2.24, 2.45) is 0 Å². The van der Waals surface area contributed by atoms with Gasteiger partial charge in [0.15, 0.2) is 0 Å². The summed E-state index contributed by atoms with van der Waals surface area (Å²) in [6.07, 6.45) is 7.72. The van der Waals surface area contributed by atoms with Gasteiger partial charge < -0.3 is 0 Å². The number of hydrogen-bond donors (Lipinski definition) is 0. The van der Waals surface area contributed by atoms with Crippen molar-refractivity contribution in [3.63, 3.8) is 0 Å². The summed E-state index contributed by atoms with van der Waals surface area (Å²) in [5, 5.41) is 0.592. The molecule has 0 unspecified atom stereocenters. The van der Waals surface area contributed by atoms with Gasteiger partial charge in [-0.15, -0.1) is 0 Å². The van der Waals surface area contributed by atoms with E-state index in [-0.39, 0.29) is 5.41 Å². The van der Waals surface area contributed by atoms with Crippen LogP contribution < -0.4 is 0 Å². The number of halogens is 1. The first-order valence-electron chi connectivity index (χ1n) is 7.02. The van der Waals surface area contributed by atoms with Crippen LogP contribution in [0.2, 0.25) is 5.15 Å². The maximum Gasteiger partial charge on any atom is 0.133 e. The molecule has 1 aromatic heterocycles. The fourth-order valence-electron chi connectivity index (χ4n) is 2.54. The minimum Gasteiger partial charge on any atom is -0.237 e. The second-order valence-corrected chi connectivity index (χ2v) is 6.76. The average Bonchev–Trinajstić information content (AvgIpc) is 2.55. The summed E-state index contributed by atoms with van der Waals surface area (Å²) in [6, 6.07) is 1.90. The first kappa shape index (κ1) is 13.8. The zero-order valence-electron chi connectivity index (χ0n) is 11.7. The molecule has 1 aliphatic carbocycles. The molecule has 0 N–H and O–H groups in total. The lowest BCUT2D eigenvalue weighted by molar-refractivity contribution is 0.527. The minimum atomic E-state index is 0.0338. The fourth-order valence-corrected chi connectivity index (χ4v) is 2.73. The van der Waals surface area contributed by atoms with Gasteiger partial charge in [-0.2, -0.15) is 0 Å². The van der Waals surface area contributed by atoms with E-state index < -0.39 is 0 Å². The zero-order chi connectivity index (χ0) is 13.2. The largest absolute Gasteiger partial charge is 0.237 e. The molecule has 0 aromatic carbocycles. The summed E-state index contributed by atoms with van der Waals surface area (Å²) in [5.41, 5.74) is 1.09. The van der Waals surface area contributed by atoms with Crippen LogP contribution in [0.15, 0.2) is 6.07 Å². The van der Waals surface area contributed by atoms with Crippen LogP contribution >= 0.6 is 11.6 Å². The van der Waals surface area contributed by atoms with Crippen LogP contribution in [0.5, 0.6) is 0 Å². The molecule has 3 heteroatoms. The molecule has 1 fully saturated rings. The van der Waals surface area contributed by atoms with Gasteiger partial charge in [0.25, 0.3) is 0 Å². The quantitative estimate of drug-likeness (QED) is 0.536. The molecule has 1 heterocycles. The molecule has 0 radical (unpaired) electrons. The molecule has 2 rings (SSSR count). The van der Waals surface area contributed by atoms with E-state index in [0.29, 0.717) is 11.1 Å². The Labute approximate surface area is 115 Å². The van der Waals surface area contributed by atoms with Crippen molar-refractivity contribution in [1.29, 1.82) is 0 Å². The zero-order valence-corrected chi connectivity index (χ0v) is 12.4. The molecule has 1 saturated carbocycles. The summed E-state index contributed by atoms with van der Waals surface area (Å²) >= 11 is 6.16. The molecule has 0 spiro atoms. The lowest BCUT2D eigenvalue weighted by Gasteiger charge is -2.20. The van der Waals surface area contributed by atoms with E-state index in [1.807, 2.05) is 6.07 Å². The van der Waals surface area contributed by atoms with Crippen molar-refractivity contribution in [2.75, 3.05) is 0 Å². The number of aromatic nitrogens is 2. The van der Waals surface area contributed by atoms with Gasteiger partial charge in [0, 0.05) is 11.3 Å². The molecule has 0 bridgehead atoms. The normalized spacial score (nSPS) is 18.7. The fraction of sp³-hybridized carbons (Fsp3) is 0.733. The Morgan fingerprint density at radius 2 is 1.67 bits per heavy atom. The van der Waals surface area contributed by atoms with E-state index >= 15 is 0 Å². The van der Waals surface area contributed by atoms with Crippen molar-refractivity contribution in [1.82, 2.24) is 9.97 Å². The SMILES string of the molecule is CC(C)(C)c1cc(Cl)nc(C2CCCCCC2)n1. The molecule has 2 nitrogen and oxygen atoms in total. The summed E-state index contributed by atoms with van der Waals surface area (Å²) in [6.45, 7) is 6.51. The molecule has 0 amide bonds. The third-order valence-electron chi connectivity index (χ3n) is 3.70. The Morgan fingerprint density at radius 3 is 2.22 bits per heavy atom. The van der Waals surface area contributed by atoms with Crippen LogP contribution in [0.4, 0.5) is 0 Å².